The summed E-state index contributed by atoms with van der Waals surface area (Å²) in [4.78, 5) is 17.5. The molecule has 1 aromatic rings. The van der Waals surface area contributed by atoms with Crippen LogP contribution in [-0.4, -0.2) is 55.0 Å². The van der Waals surface area contributed by atoms with Crippen LogP contribution in [-0.2, 0) is 11.3 Å². The van der Waals surface area contributed by atoms with E-state index < -0.39 is 0 Å². The zero-order valence-electron chi connectivity index (χ0n) is 15.4. The molecule has 2 fully saturated rings. The smallest absolute Gasteiger partial charge is 0.237 e. The molecule has 2 aliphatic heterocycles. The van der Waals surface area contributed by atoms with Gasteiger partial charge in [-0.2, -0.15) is 0 Å². The normalized spacial score (nSPS) is 23.9. The minimum Gasteiger partial charge on any atom is -0.351 e. The van der Waals surface area contributed by atoms with E-state index in [0.29, 0.717) is 5.56 Å². The first-order valence-electron chi connectivity index (χ1n) is 9.47. The summed E-state index contributed by atoms with van der Waals surface area (Å²) in [7, 11) is 2.17. The summed E-state index contributed by atoms with van der Waals surface area (Å²) in [5, 5.41) is 2.97. The minimum atomic E-state index is -0.258. The van der Waals surface area contributed by atoms with Gasteiger partial charge in [0.1, 0.15) is 5.82 Å². The highest BCUT2D eigenvalue weighted by molar-refractivity contribution is 5.82. The lowest BCUT2D eigenvalue weighted by Gasteiger charge is -2.37. The largest absolute Gasteiger partial charge is 0.351 e. The third-order valence-corrected chi connectivity index (χ3v) is 5.88. The predicted molar refractivity (Wildman–Crippen MR) is 97.7 cm³/mol. The lowest BCUT2D eigenvalue weighted by molar-refractivity contribution is -0.125. The van der Waals surface area contributed by atoms with Crippen LogP contribution < -0.4 is 5.32 Å². The first-order valence-corrected chi connectivity index (χ1v) is 9.47. The minimum absolute atomic E-state index is 0.0486. The molecule has 1 aromatic carbocycles. The first kappa shape index (κ1) is 18.3. The predicted octanol–water partition coefficient (Wildman–Crippen LogP) is 2.64. The zero-order valence-corrected chi connectivity index (χ0v) is 15.4. The molecule has 138 valence electrons. The maximum Gasteiger partial charge on any atom is 0.237 e. The van der Waals surface area contributed by atoms with Gasteiger partial charge < -0.3 is 10.2 Å². The molecule has 25 heavy (non-hydrogen) atoms. The van der Waals surface area contributed by atoms with Crippen molar-refractivity contribution < 1.29 is 9.18 Å². The second-order valence-electron chi connectivity index (χ2n) is 7.80. The number of nitrogens with zero attached hydrogens (tertiary/aromatic N) is 2. The van der Waals surface area contributed by atoms with E-state index in [2.05, 4.69) is 29.1 Å². The van der Waals surface area contributed by atoms with Crippen LogP contribution >= 0.6 is 0 Å². The lowest BCUT2D eigenvalue weighted by Crippen LogP contribution is -2.43. The molecule has 4 nitrogen and oxygen atoms in total. The van der Waals surface area contributed by atoms with Gasteiger partial charge in [-0.1, -0.05) is 25.1 Å². The number of carbonyl (C=O) groups excluding carboxylic acids is 1. The Bertz CT molecular complexity index is 598. The summed E-state index contributed by atoms with van der Waals surface area (Å²) < 4.78 is 13.8. The van der Waals surface area contributed by atoms with Crippen molar-refractivity contribution in [2.24, 2.45) is 5.41 Å². The van der Waals surface area contributed by atoms with E-state index in [9.17, 15) is 9.18 Å². The van der Waals surface area contributed by atoms with Gasteiger partial charge in [0, 0.05) is 18.7 Å². The molecule has 2 saturated heterocycles. The summed E-state index contributed by atoms with van der Waals surface area (Å²) in [6.45, 7) is 6.63. The SMILES string of the molecule is CCCN1CC2(CCN(C)CC2)C[C@@H]1C(=O)NCc1ccccc1F. The monoisotopic (exact) mass is 347 g/mol. The number of hydrogen-bond acceptors (Lipinski definition) is 3. The Hall–Kier alpha value is -1.46. The van der Waals surface area contributed by atoms with Gasteiger partial charge in [-0.25, -0.2) is 4.39 Å². The fourth-order valence-electron chi connectivity index (χ4n) is 4.32. The van der Waals surface area contributed by atoms with E-state index >= 15 is 0 Å². The van der Waals surface area contributed by atoms with Gasteiger partial charge in [-0.3, -0.25) is 9.69 Å². The average Bonchev–Trinajstić information content (AvgIpc) is 2.96. The molecule has 0 saturated carbocycles. The molecule has 0 bridgehead atoms. The van der Waals surface area contributed by atoms with E-state index in [0.717, 1.165) is 39.0 Å². The number of amides is 1. The molecule has 0 aromatic heterocycles. The average molecular weight is 347 g/mol. The third-order valence-electron chi connectivity index (χ3n) is 5.88. The number of carbonyl (C=O) groups is 1. The van der Waals surface area contributed by atoms with Crippen LogP contribution in [0.25, 0.3) is 0 Å². The number of piperidine rings is 1. The molecular weight excluding hydrogens is 317 g/mol. The fourth-order valence-corrected chi connectivity index (χ4v) is 4.32. The molecule has 1 N–H and O–H groups in total. The van der Waals surface area contributed by atoms with Crippen molar-refractivity contribution in [1.82, 2.24) is 15.1 Å². The zero-order chi connectivity index (χ0) is 17.9. The highest BCUT2D eigenvalue weighted by Crippen LogP contribution is 2.43. The van der Waals surface area contributed by atoms with Crippen molar-refractivity contribution in [2.45, 2.75) is 45.2 Å². The van der Waals surface area contributed by atoms with E-state index in [1.165, 1.54) is 18.9 Å². The van der Waals surface area contributed by atoms with Gasteiger partial charge in [-0.05, 0) is 63.8 Å². The summed E-state index contributed by atoms with van der Waals surface area (Å²) in [6, 6.07) is 6.57. The van der Waals surface area contributed by atoms with Crippen LogP contribution in [0.15, 0.2) is 24.3 Å². The van der Waals surface area contributed by atoms with Gasteiger partial charge in [0.05, 0.1) is 6.04 Å². The topological polar surface area (TPSA) is 35.6 Å². The Morgan fingerprint density at radius 3 is 2.72 bits per heavy atom. The number of rotatable bonds is 5. The summed E-state index contributed by atoms with van der Waals surface area (Å²) in [5.41, 5.74) is 0.826. The highest BCUT2D eigenvalue weighted by Gasteiger charge is 2.47. The van der Waals surface area contributed by atoms with Gasteiger partial charge in [0.15, 0.2) is 0 Å². The molecule has 3 rings (SSSR count). The number of benzene rings is 1. The molecule has 0 unspecified atom stereocenters. The van der Waals surface area contributed by atoms with Gasteiger partial charge >= 0.3 is 0 Å². The molecule has 1 amide bonds. The Morgan fingerprint density at radius 2 is 2.04 bits per heavy atom. The number of halogens is 1. The Labute approximate surface area is 150 Å². The highest BCUT2D eigenvalue weighted by atomic mass is 19.1. The summed E-state index contributed by atoms with van der Waals surface area (Å²) >= 11 is 0. The van der Waals surface area contributed by atoms with E-state index in [1.807, 2.05) is 0 Å². The Balaban J connectivity index is 1.64. The Kier molecular flexibility index (Phi) is 5.74. The van der Waals surface area contributed by atoms with Crippen molar-refractivity contribution in [2.75, 3.05) is 33.2 Å². The van der Waals surface area contributed by atoms with Crippen LogP contribution in [0, 0.1) is 11.2 Å². The molecule has 2 heterocycles. The second kappa shape index (κ2) is 7.83. The first-order chi connectivity index (χ1) is 12.0. The molecule has 1 spiro atoms. The number of likely N-dealkylation sites (tertiary alicyclic amines) is 2. The lowest BCUT2D eigenvalue weighted by atomic mass is 9.76. The van der Waals surface area contributed by atoms with E-state index in [1.54, 1.807) is 18.2 Å². The third kappa shape index (κ3) is 4.21. The van der Waals surface area contributed by atoms with E-state index in [4.69, 9.17) is 0 Å². The van der Waals surface area contributed by atoms with Crippen LogP contribution in [0.1, 0.15) is 38.2 Å². The molecule has 1 atom stereocenters. The second-order valence-corrected chi connectivity index (χ2v) is 7.80. The van der Waals surface area contributed by atoms with Gasteiger partial charge in [0.25, 0.3) is 0 Å². The Morgan fingerprint density at radius 1 is 1.32 bits per heavy atom. The van der Waals surface area contributed by atoms with Crippen molar-refractivity contribution >= 4 is 5.91 Å². The maximum absolute atomic E-state index is 13.8. The van der Waals surface area contributed by atoms with Crippen molar-refractivity contribution in [3.8, 4) is 0 Å². The quantitative estimate of drug-likeness (QED) is 0.889. The van der Waals surface area contributed by atoms with E-state index in [-0.39, 0.29) is 29.7 Å². The summed E-state index contributed by atoms with van der Waals surface area (Å²) in [5.74, 6) is -0.209. The molecule has 0 radical (unpaired) electrons. The molecule has 2 aliphatic rings. The standard InChI is InChI=1S/C20H30FN3O/c1-3-10-24-15-20(8-11-23(2)12-9-20)13-18(24)19(25)22-14-16-6-4-5-7-17(16)21/h4-7,18H,3,8-15H2,1-2H3,(H,22,25)/t18-/m1/s1. The molecule has 5 heteroatoms. The molecular formula is C20H30FN3O. The number of hydrogen-bond donors (Lipinski definition) is 1. The van der Waals surface area contributed by atoms with Crippen LogP contribution in [0.2, 0.25) is 0 Å². The fraction of sp³-hybridized carbons (Fsp3) is 0.650. The van der Waals surface area contributed by atoms with Crippen molar-refractivity contribution in [1.29, 1.82) is 0 Å². The maximum atomic E-state index is 13.8. The van der Waals surface area contributed by atoms with Crippen LogP contribution in [0.3, 0.4) is 0 Å². The molecule has 0 aliphatic carbocycles. The van der Waals surface area contributed by atoms with Crippen molar-refractivity contribution in [3.05, 3.63) is 35.6 Å². The number of nitrogens with one attached hydrogen (secondary N) is 1. The summed E-state index contributed by atoms with van der Waals surface area (Å²) in [6.07, 6.45) is 4.32. The van der Waals surface area contributed by atoms with Gasteiger partial charge in [0.2, 0.25) is 5.91 Å². The van der Waals surface area contributed by atoms with Crippen molar-refractivity contribution in [3.63, 3.8) is 0 Å². The van der Waals surface area contributed by atoms with Crippen LogP contribution in [0.4, 0.5) is 4.39 Å². The van der Waals surface area contributed by atoms with Gasteiger partial charge in [-0.15, -0.1) is 0 Å². The van der Waals surface area contributed by atoms with Crippen LogP contribution in [0.5, 0.6) is 0 Å².